The van der Waals surface area contributed by atoms with Crippen molar-refractivity contribution in [2.45, 2.75) is 52.2 Å². The van der Waals surface area contributed by atoms with E-state index >= 15 is 0 Å². The molecule has 6 heteroatoms. The molecule has 0 heterocycles. The number of carbonyl (C=O) groups excluding carboxylic acids is 3. The smallest absolute Gasteiger partial charge is 0.408 e. The molecule has 0 aliphatic rings. The summed E-state index contributed by atoms with van der Waals surface area (Å²) in [4.78, 5) is 35.4. The topological polar surface area (TPSA) is 81.7 Å². The lowest BCUT2D eigenvalue weighted by Gasteiger charge is -2.22. The van der Waals surface area contributed by atoms with Gasteiger partial charge in [-0.05, 0) is 50.0 Å². The van der Waals surface area contributed by atoms with Gasteiger partial charge in [-0.15, -0.1) is 0 Å². The molecule has 0 unspecified atom stereocenters. The number of methoxy groups -OCH3 is 1. The highest BCUT2D eigenvalue weighted by Gasteiger charge is 2.25. The first kappa shape index (κ1) is 23.1. The summed E-state index contributed by atoms with van der Waals surface area (Å²) in [5.74, 6) is -0.563. The molecule has 0 bridgehead atoms. The van der Waals surface area contributed by atoms with Gasteiger partial charge in [-0.2, -0.15) is 0 Å². The molecule has 1 aromatic carbocycles. The van der Waals surface area contributed by atoms with Crippen LogP contribution >= 0.6 is 0 Å². The van der Waals surface area contributed by atoms with E-state index < -0.39 is 23.7 Å². The van der Waals surface area contributed by atoms with Crippen LogP contribution in [0.2, 0.25) is 0 Å². The Morgan fingerprint density at radius 1 is 1.25 bits per heavy atom. The van der Waals surface area contributed by atoms with Gasteiger partial charge in [-0.1, -0.05) is 36.9 Å². The van der Waals surface area contributed by atoms with Crippen LogP contribution in [0.15, 0.2) is 48.1 Å². The summed E-state index contributed by atoms with van der Waals surface area (Å²) in [6.45, 7) is 10.7. The Morgan fingerprint density at radius 2 is 1.89 bits per heavy atom. The van der Waals surface area contributed by atoms with Crippen LogP contribution in [0.1, 0.15) is 38.8 Å². The van der Waals surface area contributed by atoms with Crippen LogP contribution in [-0.4, -0.2) is 37.1 Å². The minimum absolute atomic E-state index is 0.236. The number of hydrogen-bond acceptors (Lipinski definition) is 5. The summed E-state index contributed by atoms with van der Waals surface area (Å²) < 4.78 is 10.0. The molecule has 1 rings (SSSR count). The van der Waals surface area contributed by atoms with Crippen molar-refractivity contribution in [1.29, 1.82) is 0 Å². The molecule has 0 spiro atoms. The van der Waals surface area contributed by atoms with Gasteiger partial charge >= 0.3 is 12.1 Å². The number of hydrogen-bond donors (Lipinski definition) is 1. The maximum absolute atomic E-state index is 12.1. The molecule has 0 aromatic heterocycles. The zero-order chi connectivity index (χ0) is 21.3. The molecular weight excluding hydrogens is 358 g/mol. The summed E-state index contributed by atoms with van der Waals surface area (Å²) in [7, 11) is 1.27. The molecule has 0 aliphatic heterocycles. The van der Waals surface area contributed by atoms with E-state index in [1.165, 1.54) is 7.11 Å². The van der Waals surface area contributed by atoms with E-state index in [-0.39, 0.29) is 6.42 Å². The lowest BCUT2D eigenvalue weighted by atomic mass is 9.98. The molecule has 1 atom stereocenters. The molecule has 1 aromatic rings. The number of alkyl carbamates (subject to hydrolysis) is 1. The quantitative estimate of drug-likeness (QED) is 0.319. The van der Waals surface area contributed by atoms with Crippen LogP contribution in [0.5, 0.6) is 0 Å². The number of carbonyl (C=O) groups is 3. The molecule has 6 nitrogen and oxygen atoms in total. The highest BCUT2D eigenvalue weighted by Crippen LogP contribution is 2.15. The Labute approximate surface area is 166 Å². The fourth-order valence-corrected chi connectivity index (χ4v) is 2.51. The number of nitrogens with one attached hydrogen (secondary N) is 1. The fraction of sp³-hybridized carbons (Fsp3) is 0.409. The second-order valence-electron chi connectivity index (χ2n) is 7.45. The number of ether oxygens (including phenoxy) is 2. The molecular formula is C22H29NO5. The second kappa shape index (κ2) is 10.4. The first-order chi connectivity index (χ1) is 13.1. The van der Waals surface area contributed by atoms with Gasteiger partial charge in [0.05, 0.1) is 7.11 Å². The van der Waals surface area contributed by atoms with Gasteiger partial charge < -0.3 is 14.8 Å². The second-order valence-corrected chi connectivity index (χ2v) is 7.45. The van der Waals surface area contributed by atoms with Crippen LogP contribution in [-0.2, 0) is 31.9 Å². The minimum Gasteiger partial charge on any atom is -0.467 e. The normalized spacial score (nSPS) is 13.0. The first-order valence-corrected chi connectivity index (χ1v) is 9.02. The summed E-state index contributed by atoms with van der Waals surface area (Å²) in [5.41, 5.74) is 2.53. The summed E-state index contributed by atoms with van der Waals surface area (Å²) in [5, 5.41) is 2.56. The van der Waals surface area contributed by atoms with Gasteiger partial charge in [0.2, 0.25) is 0 Å². The van der Waals surface area contributed by atoms with E-state index in [1.54, 1.807) is 26.8 Å². The number of benzene rings is 1. The Hall–Kier alpha value is -2.89. The van der Waals surface area contributed by atoms with Gasteiger partial charge in [-0.3, -0.25) is 4.79 Å². The number of rotatable bonds is 8. The van der Waals surface area contributed by atoms with Crippen molar-refractivity contribution in [3.63, 3.8) is 0 Å². The van der Waals surface area contributed by atoms with Crippen LogP contribution < -0.4 is 5.32 Å². The molecule has 0 saturated heterocycles. The highest BCUT2D eigenvalue weighted by molar-refractivity contribution is 5.81. The zero-order valence-corrected chi connectivity index (χ0v) is 17.2. The van der Waals surface area contributed by atoms with Crippen molar-refractivity contribution in [2.75, 3.05) is 7.11 Å². The molecule has 1 amide bonds. The van der Waals surface area contributed by atoms with Gasteiger partial charge in [0.25, 0.3) is 0 Å². The number of amides is 1. The Kier molecular flexibility index (Phi) is 8.64. The zero-order valence-electron chi connectivity index (χ0n) is 17.2. The van der Waals surface area contributed by atoms with Gasteiger partial charge in [-0.25, -0.2) is 9.59 Å². The molecule has 0 saturated carbocycles. The minimum atomic E-state index is -0.883. The molecule has 152 valence electrons. The van der Waals surface area contributed by atoms with Crippen LogP contribution in [0, 0.1) is 0 Å². The monoisotopic (exact) mass is 387 g/mol. The SMILES string of the molecule is C=C/C(C)=C(\C=O)Cc1cccc(C[C@H](NC(=O)OC(C)(C)C)C(=O)OC)c1. The van der Waals surface area contributed by atoms with Crippen molar-refractivity contribution in [3.05, 3.63) is 59.2 Å². The highest BCUT2D eigenvalue weighted by atomic mass is 16.6. The van der Waals surface area contributed by atoms with Gasteiger partial charge in [0, 0.05) is 12.8 Å². The number of aldehydes is 1. The summed E-state index contributed by atoms with van der Waals surface area (Å²) >= 11 is 0. The average molecular weight is 387 g/mol. The Balaban J connectivity index is 2.98. The van der Waals surface area contributed by atoms with Crippen molar-refractivity contribution in [1.82, 2.24) is 5.32 Å². The molecule has 0 aliphatic carbocycles. The predicted molar refractivity (Wildman–Crippen MR) is 108 cm³/mol. The largest absolute Gasteiger partial charge is 0.467 e. The van der Waals surface area contributed by atoms with Gasteiger partial charge in [0.1, 0.15) is 17.9 Å². The van der Waals surface area contributed by atoms with E-state index in [2.05, 4.69) is 11.9 Å². The standard InChI is InChI=1S/C22H29NO5/c1-7-15(2)18(14-24)12-16-9-8-10-17(11-16)13-19(20(25)27-6)23-21(26)28-22(3,4)5/h7-11,14,19H,1,12-13H2,2-6H3,(H,23,26)/b18-15-/t19-/m0/s1. The summed E-state index contributed by atoms with van der Waals surface area (Å²) in [6.07, 6.45) is 2.47. The molecule has 1 N–H and O–H groups in total. The lowest BCUT2D eigenvalue weighted by Crippen LogP contribution is -2.45. The van der Waals surface area contributed by atoms with Crippen molar-refractivity contribution < 1.29 is 23.9 Å². The third-order valence-electron chi connectivity index (χ3n) is 3.96. The van der Waals surface area contributed by atoms with Crippen LogP contribution in [0.25, 0.3) is 0 Å². The molecule has 28 heavy (non-hydrogen) atoms. The molecule has 0 fully saturated rings. The molecule has 0 radical (unpaired) electrons. The third-order valence-corrected chi connectivity index (χ3v) is 3.96. The maximum Gasteiger partial charge on any atom is 0.408 e. The fourth-order valence-electron chi connectivity index (χ4n) is 2.51. The van der Waals surface area contributed by atoms with Gasteiger partial charge in [0.15, 0.2) is 0 Å². The van der Waals surface area contributed by atoms with E-state index in [9.17, 15) is 14.4 Å². The Morgan fingerprint density at radius 3 is 2.43 bits per heavy atom. The van der Waals surface area contributed by atoms with E-state index in [4.69, 9.17) is 9.47 Å². The van der Waals surface area contributed by atoms with Crippen LogP contribution in [0.3, 0.4) is 0 Å². The van der Waals surface area contributed by atoms with E-state index in [0.717, 1.165) is 23.0 Å². The average Bonchev–Trinajstić information content (AvgIpc) is 2.63. The van der Waals surface area contributed by atoms with E-state index in [0.29, 0.717) is 12.0 Å². The number of allylic oxidation sites excluding steroid dienone is 3. The first-order valence-electron chi connectivity index (χ1n) is 9.02. The van der Waals surface area contributed by atoms with Crippen molar-refractivity contribution in [3.8, 4) is 0 Å². The van der Waals surface area contributed by atoms with E-state index in [1.807, 2.05) is 31.2 Å². The summed E-state index contributed by atoms with van der Waals surface area (Å²) in [6, 6.07) is 6.61. The number of esters is 1. The lowest BCUT2D eigenvalue weighted by molar-refractivity contribution is -0.143. The predicted octanol–water partition coefficient (Wildman–Crippen LogP) is 3.54. The Bertz CT molecular complexity index is 758. The maximum atomic E-state index is 12.1. The van der Waals surface area contributed by atoms with Crippen LogP contribution in [0.4, 0.5) is 4.79 Å². The van der Waals surface area contributed by atoms with Crippen molar-refractivity contribution >= 4 is 18.3 Å². The van der Waals surface area contributed by atoms with Crippen molar-refractivity contribution in [2.24, 2.45) is 0 Å². The third kappa shape index (κ3) is 7.78.